The minimum atomic E-state index is -0.609. The van der Waals surface area contributed by atoms with E-state index in [4.69, 9.17) is 26.1 Å². The van der Waals surface area contributed by atoms with Gasteiger partial charge >= 0.3 is 6.09 Å². The van der Waals surface area contributed by atoms with Crippen LogP contribution >= 0.6 is 11.6 Å². The lowest BCUT2D eigenvalue weighted by atomic mass is 10.1. The molecule has 2 aromatic heterocycles. The number of imidazole rings is 1. The summed E-state index contributed by atoms with van der Waals surface area (Å²) in [5.41, 5.74) is 2.87. The lowest BCUT2D eigenvalue weighted by Gasteiger charge is -2.29. The summed E-state index contributed by atoms with van der Waals surface area (Å²) in [5, 5.41) is 3.44. The van der Waals surface area contributed by atoms with Crippen LogP contribution in [-0.4, -0.2) is 50.1 Å². The molecule has 1 fully saturated rings. The Morgan fingerprint density at radius 2 is 1.88 bits per heavy atom. The quantitative estimate of drug-likeness (QED) is 0.256. The van der Waals surface area contributed by atoms with Gasteiger partial charge in [-0.25, -0.2) is 9.78 Å². The lowest BCUT2D eigenvalue weighted by molar-refractivity contribution is 0.0238. The maximum atomic E-state index is 13.4. The van der Waals surface area contributed by atoms with Crippen LogP contribution in [0.4, 0.5) is 10.7 Å². The van der Waals surface area contributed by atoms with E-state index in [1.165, 1.54) is 0 Å². The van der Waals surface area contributed by atoms with E-state index in [0.29, 0.717) is 53.0 Å². The molecule has 1 aliphatic heterocycles. The van der Waals surface area contributed by atoms with Crippen molar-refractivity contribution < 1.29 is 19.1 Å². The van der Waals surface area contributed by atoms with Gasteiger partial charge in [-0.1, -0.05) is 41.9 Å². The van der Waals surface area contributed by atoms with Crippen LogP contribution in [0.15, 0.2) is 60.8 Å². The topological polar surface area (TPSA) is 98.6 Å². The molecule has 5 rings (SSSR count). The van der Waals surface area contributed by atoms with E-state index < -0.39 is 5.60 Å². The highest BCUT2D eigenvalue weighted by Gasteiger charge is 2.30. The Morgan fingerprint density at radius 1 is 1.10 bits per heavy atom. The number of carbonyl (C=O) groups is 2. The second-order valence-corrected chi connectivity index (χ2v) is 12.0. The van der Waals surface area contributed by atoms with Gasteiger partial charge in [-0.2, -0.15) is 0 Å². The lowest BCUT2D eigenvalue weighted by Crippen LogP contribution is -2.39. The number of hydrogen-bond donors (Lipinski definition) is 1. The Morgan fingerprint density at radius 3 is 2.62 bits per heavy atom. The summed E-state index contributed by atoms with van der Waals surface area (Å²) in [6.07, 6.45) is 3.73. The molecule has 0 aliphatic carbocycles. The summed E-state index contributed by atoms with van der Waals surface area (Å²) in [4.78, 5) is 37.2. The number of nitrogens with zero attached hydrogens (tertiary/aromatic N) is 4. The van der Waals surface area contributed by atoms with Crippen molar-refractivity contribution in [3.63, 3.8) is 0 Å². The van der Waals surface area contributed by atoms with Crippen molar-refractivity contribution in [3.8, 4) is 5.75 Å². The summed E-state index contributed by atoms with van der Waals surface area (Å²) >= 11 is 6.92. The van der Waals surface area contributed by atoms with Crippen molar-refractivity contribution in [2.24, 2.45) is 0 Å². The zero-order chi connectivity index (χ0) is 29.9. The highest BCUT2D eigenvalue weighted by atomic mass is 35.5. The summed E-state index contributed by atoms with van der Waals surface area (Å²) < 4.78 is 13.7. The second-order valence-electron chi connectivity index (χ2n) is 11.6. The van der Waals surface area contributed by atoms with E-state index in [2.05, 4.69) is 10.3 Å². The number of nitrogens with one attached hydrogen (secondary N) is 1. The first-order valence-electron chi connectivity index (χ1n) is 14.2. The average Bonchev–Trinajstić information content (AvgIpc) is 3.12. The van der Waals surface area contributed by atoms with Crippen molar-refractivity contribution in [2.75, 3.05) is 18.4 Å². The van der Waals surface area contributed by atoms with E-state index in [-0.39, 0.29) is 18.0 Å². The molecule has 4 aromatic rings. The Kier molecular flexibility index (Phi) is 8.68. The maximum Gasteiger partial charge on any atom is 0.410 e. The van der Waals surface area contributed by atoms with Crippen LogP contribution in [0.3, 0.4) is 0 Å². The molecule has 3 heterocycles. The number of rotatable bonds is 6. The fraction of sp³-hybridized carbons (Fsp3) is 0.375. The molecule has 0 saturated carbocycles. The zero-order valence-electron chi connectivity index (χ0n) is 24.4. The first-order valence-corrected chi connectivity index (χ1v) is 14.6. The molecule has 1 atom stereocenters. The summed E-state index contributed by atoms with van der Waals surface area (Å²) in [7, 11) is 0. The number of carbonyl (C=O) groups excluding carboxylic acids is 2. The number of likely N-dealkylation sites (tertiary alicyclic amines) is 1. The van der Waals surface area contributed by atoms with E-state index in [0.717, 1.165) is 30.5 Å². The Balaban J connectivity index is 1.52. The molecule has 1 unspecified atom stereocenters. The van der Waals surface area contributed by atoms with Crippen molar-refractivity contribution in [1.82, 2.24) is 19.4 Å². The van der Waals surface area contributed by atoms with E-state index >= 15 is 0 Å². The van der Waals surface area contributed by atoms with E-state index in [1.54, 1.807) is 29.3 Å². The number of hydrogen-bond acceptors (Lipinski definition) is 6. The molecule has 9 nitrogen and oxygen atoms in total. The number of pyridine rings is 1. The van der Waals surface area contributed by atoms with Gasteiger partial charge in [0.15, 0.2) is 0 Å². The molecule has 0 bridgehead atoms. The van der Waals surface area contributed by atoms with Crippen LogP contribution < -0.4 is 10.1 Å². The molecule has 1 saturated heterocycles. The molecular weight excluding hydrogens is 554 g/mol. The predicted molar refractivity (Wildman–Crippen MR) is 163 cm³/mol. The number of anilines is 1. The first-order chi connectivity index (χ1) is 20.1. The zero-order valence-corrected chi connectivity index (χ0v) is 25.1. The summed E-state index contributed by atoms with van der Waals surface area (Å²) in [6, 6.07) is 16.6. The predicted octanol–water partition coefficient (Wildman–Crippen LogP) is 7.19. The Labute approximate surface area is 250 Å². The first kappa shape index (κ1) is 29.4. The van der Waals surface area contributed by atoms with Crippen molar-refractivity contribution >= 4 is 40.6 Å². The third kappa shape index (κ3) is 7.02. The smallest absolute Gasteiger partial charge is 0.410 e. The fourth-order valence-electron chi connectivity index (χ4n) is 5.11. The average molecular weight is 590 g/mol. The molecule has 10 heteroatoms. The highest BCUT2D eigenvalue weighted by molar-refractivity contribution is 6.35. The van der Waals surface area contributed by atoms with Crippen LogP contribution in [-0.2, 0) is 11.3 Å². The highest BCUT2D eigenvalue weighted by Crippen LogP contribution is 2.37. The third-order valence-electron chi connectivity index (χ3n) is 7.01. The van der Waals surface area contributed by atoms with Gasteiger partial charge in [0.05, 0.1) is 22.1 Å². The van der Waals surface area contributed by atoms with Gasteiger partial charge in [0.2, 0.25) is 5.95 Å². The number of amides is 2. The Hall–Kier alpha value is -4.11. The number of benzene rings is 2. The number of halogens is 1. The number of aryl methyl sites for hydroxylation is 1. The normalized spacial score (nSPS) is 15.7. The molecule has 0 radical (unpaired) electrons. The molecule has 1 aliphatic rings. The minimum Gasteiger partial charge on any atom is -0.489 e. The largest absolute Gasteiger partial charge is 0.489 e. The SMILES string of the molecule is Cc1cc(C(=O)Nc2nc3cc(OCc4ccccc4)cc(Cl)c3n2C2CCCCN(C(=O)OC(C)(C)C)C2)ccn1. The molecule has 42 heavy (non-hydrogen) atoms. The van der Waals surface area contributed by atoms with Gasteiger partial charge in [-0.3, -0.25) is 15.1 Å². The third-order valence-corrected chi connectivity index (χ3v) is 7.30. The molecule has 220 valence electrons. The molecule has 2 aromatic carbocycles. The van der Waals surface area contributed by atoms with Crippen molar-refractivity contribution in [2.45, 2.75) is 65.2 Å². The van der Waals surface area contributed by atoms with Gasteiger partial charge in [0.25, 0.3) is 5.91 Å². The van der Waals surface area contributed by atoms with Gasteiger partial charge < -0.3 is 18.9 Å². The summed E-state index contributed by atoms with van der Waals surface area (Å²) in [5.74, 6) is 0.605. The molecule has 1 N–H and O–H groups in total. The van der Waals surface area contributed by atoms with Gasteiger partial charge in [-0.15, -0.1) is 0 Å². The van der Waals surface area contributed by atoms with Crippen LogP contribution in [0, 0.1) is 6.92 Å². The number of aromatic nitrogens is 3. The van der Waals surface area contributed by atoms with Crippen LogP contribution in [0.1, 0.15) is 67.7 Å². The maximum absolute atomic E-state index is 13.4. The van der Waals surface area contributed by atoms with Gasteiger partial charge in [-0.05, 0) is 64.7 Å². The van der Waals surface area contributed by atoms with E-state index in [1.807, 2.05) is 68.7 Å². The fourth-order valence-corrected chi connectivity index (χ4v) is 5.40. The molecule has 2 amide bonds. The monoisotopic (exact) mass is 589 g/mol. The Bertz CT molecular complexity index is 1580. The van der Waals surface area contributed by atoms with Gasteiger partial charge in [0, 0.05) is 42.7 Å². The summed E-state index contributed by atoms with van der Waals surface area (Å²) in [6.45, 7) is 8.75. The van der Waals surface area contributed by atoms with Crippen LogP contribution in [0.25, 0.3) is 11.0 Å². The van der Waals surface area contributed by atoms with Crippen LogP contribution in [0.2, 0.25) is 5.02 Å². The van der Waals surface area contributed by atoms with Crippen molar-refractivity contribution in [1.29, 1.82) is 0 Å². The van der Waals surface area contributed by atoms with Crippen LogP contribution in [0.5, 0.6) is 5.75 Å². The molecular formula is C32H36ClN5O4. The standard InChI is InChI=1S/C32H36ClN5O4/c1-21-16-23(13-14-34-21)29(39)36-30-35-27-18-25(41-20-22-10-6-5-7-11-22)17-26(33)28(27)38(30)24-12-8-9-15-37(19-24)31(40)42-32(2,3)4/h5-7,10-11,13-14,16-18,24H,8-9,12,15,19-20H2,1-4H3,(H,35,36,39). The van der Waals surface area contributed by atoms with Gasteiger partial charge in [0.1, 0.15) is 18.0 Å². The number of fused-ring (bicyclic) bond motifs is 1. The minimum absolute atomic E-state index is 0.201. The second kappa shape index (κ2) is 12.4. The van der Waals surface area contributed by atoms with E-state index in [9.17, 15) is 9.59 Å². The molecule has 0 spiro atoms. The number of ether oxygens (including phenoxy) is 2. The van der Waals surface area contributed by atoms with Crippen molar-refractivity contribution in [3.05, 3.63) is 82.6 Å².